The third-order valence-corrected chi connectivity index (χ3v) is 4.49. The Kier molecular flexibility index (Phi) is 6.22. The van der Waals surface area contributed by atoms with Crippen LogP contribution in [0.3, 0.4) is 0 Å². The van der Waals surface area contributed by atoms with Crippen molar-refractivity contribution in [3.63, 3.8) is 0 Å². The summed E-state index contributed by atoms with van der Waals surface area (Å²) in [4.78, 5) is 31.6. The molecule has 0 unspecified atom stereocenters. The number of amides is 1. The van der Waals surface area contributed by atoms with E-state index < -0.39 is 5.97 Å². The standard InChI is InChI=1S/C16H19N3O3S/c1-11-14(15(22)18-8-4-2-3-5-13(20)21)23-16(19-11)12-6-9-17-10-7-12/h6-7,9-10H,2-5,8H2,1H3,(H,18,22)(H,20,21). The first kappa shape index (κ1) is 17.1. The fraction of sp³-hybridized carbons (Fsp3) is 0.375. The maximum absolute atomic E-state index is 12.2. The molecular weight excluding hydrogens is 314 g/mol. The zero-order valence-corrected chi connectivity index (χ0v) is 13.7. The van der Waals surface area contributed by atoms with Crippen LogP contribution in [-0.4, -0.2) is 33.5 Å². The average molecular weight is 333 g/mol. The molecule has 2 rings (SSSR count). The van der Waals surface area contributed by atoms with Gasteiger partial charge >= 0.3 is 5.97 Å². The first-order valence-corrected chi connectivity index (χ1v) is 8.27. The largest absolute Gasteiger partial charge is 0.481 e. The first-order chi connectivity index (χ1) is 11.1. The topological polar surface area (TPSA) is 92.2 Å². The molecule has 0 saturated heterocycles. The second-order valence-electron chi connectivity index (χ2n) is 5.13. The molecule has 2 aromatic rings. The number of unbranched alkanes of at least 4 members (excludes halogenated alkanes) is 2. The van der Waals surface area contributed by atoms with Gasteiger partial charge in [0, 0.05) is 30.9 Å². The van der Waals surface area contributed by atoms with Crippen LogP contribution in [-0.2, 0) is 4.79 Å². The molecule has 6 nitrogen and oxygen atoms in total. The lowest BCUT2D eigenvalue weighted by atomic mass is 10.2. The maximum atomic E-state index is 12.2. The summed E-state index contributed by atoms with van der Waals surface area (Å²) in [6.45, 7) is 2.36. The number of pyridine rings is 1. The summed E-state index contributed by atoms with van der Waals surface area (Å²) >= 11 is 1.36. The Hall–Kier alpha value is -2.28. The van der Waals surface area contributed by atoms with Crippen molar-refractivity contribution < 1.29 is 14.7 Å². The van der Waals surface area contributed by atoms with Crippen LogP contribution in [0.15, 0.2) is 24.5 Å². The Balaban J connectivity index is 1.85. The van der Waals surface area contributed by atoms with E-state index in [1.807, 2.05) is 19.1 Å². The van der Waals surface area contributed by atoms with Crippen molar-refractivity contribution >= 4 is 23.2 Å². The molecule has 0 saturated carbocycles. The van der Waals surface area contributed by atoms with Crippen molar-refractivity contribution in [1.82, 2.24) is 15.3 Å². The van der Waals surface area contributed by atoms with Crippen molar-refractivity contribution in [2.75, 3.05) is 6.54 Å². The number of nitrogens with zero attached hydrogens (tertiary/aromatic N) is 2. The highest BCUT2D eigenvalue weighted by Gasteiger charge is 2.15. The van der Waals surface area contributed by atoms with Gasteiger partial charge in [-0.3, -0.25) is 14.6 Å². The SMILES string of the molecule is Cc1nc(-c2ccncc2)sc1C(=O)NCCCCCC(=O)O. The second kappa shape index (κ2) is 8.38. The smallest absolute Gasteiger partial charge is 0.303 e. The number of thiazole rings is 1. The lowest BCUT2D eigenvalue weighted by Gasteiger charge is -2.03. The second-order valence-corrected chi connectivity index (χ2v) is 6.13. The number of carbonyl (C=O) groups is 2. The quantitative estimate of drug-likeness (QED) is 0.725. The summed E-state index contributed by atoms with van der Waals surface area (Å²) in [5, 5.41) is 12.2. The third kappa shape index (κ3) is 5.14. The van der Waals surface area contributed by atoms with Crippen LogP contribution >= 0.6 is 11.3 Å². The van der Waals surface area contributed by atoms with Gasteiger partial charge in [-0.2, -0.15) is 0 Å². The number of aryl methyl sites for hydroxylation is 1. The maximum Gasteiger partial charge on any atom is 0.303 e. The van der Waals surface area contributed by atoms with Gasteiger partial charge in [-0.15, -0.1) is 11.3 Å². The fourth-order valence-electron chi connectivity index (χ4n) is 2.09. The van der Waals surface area contributed by atoms with Gasteiger partial charge in [0.05, 0.1) is 5.69 Å². The Morgan fingerprint density at radius 2 is 1.96 bits per heavy atom. The summed E-state index contributed by atoms with van der Waals surface area (Å²) in [6, 6.07) is 3.73. The number of aliphatic carboxylic acids is 1. The molecule has 2 heterocycles. The average Bonchev–Trinajstić information content (AvgIpc) is 2.93. The lowest BCUT2D eigenvalue weighted by molar-refractivity contribution is -0.137. The van der Waals surface area contributed by atoms with Crippen LogP contribution in [0.25, 0.3) is 10.6 Å². The van der Waals surface area contributed by atoms with Crippen LogP contribution in [0.4, 0.5) is 0 Å². The molecule has 0 bridgehead atoms. The van der Waals surface area contributed by atoms with E-state index in [2.05, 4.69) is 15.3 Å². The summed E-state index contributed by atoms with van der Waals surface area (Å²) in [5.74, 6) is -0.906. The Morgan fingerprint density at radius 1 is 1.22 bits per heavy atom. The highest BCUT2D eigenvalue weighted by Crippen LogP contribution is 2.27. The van der Waals surface area contributed by atoms with Gasteiger partial charge in [0.15, 0.2) is 0 Å². The Bertz CT molecular complexity index is 670. The van der Waals surface area contributed by atoms with Gasteiger partial charge in [0.1, 0.15) is 9.88 Å². The van der Waals surface area contributed by atoms with Crippen molar-refractivity contribution in [1.29, 1.82) is 0 Å². The summed E-state index contributed by atoms with van der Waals surface area (Å²) < 4.78 is 0. The molecule has 23 heavy (non-hydrogen) atoms. The molecular formula is C16H19N3O3S. The molecule has 0 atom stereocenters. The monoisotopic (exact) mass is 333 g/mol. The molecule has 1 amide bonds. The highest BCUT2D eigenvalue weighted by atomic mass is 32.1. The van der Waals surface area contributed by atoms with Crippen LogP contribution in [0.2, 0.25) is 0 Å². The molecule has 0 spiro atoms. The minimum absolute atomic E-state index is 0.126. The van der Waals surface area contributed by atoms with E-state index in [0.29, 0.717) is 23.5 Å². The van der Waals surface area contributed by atoms with Gasteiger partial charge in [-0.1, -0.05) is 6.42 Å². The minimum Gasteiger partial charge on any atom is -0.481 e. The predicted octanol–water partition coefficient (Wildman–Crippen LogP) is 2.89. The third-order valence-electron chi connectivity index (χ3n) is 3.28. The first-order valence-electron chi connectivity index (χ1n) is 7.45. The van der Waals surface area contributed by atoms with Gasteiger partial charge in [-0.05, 0) is 31.9 Å². The van der Waals surface area contributed by atoms with Gasteiger partial charge in [0.2, 0.25) is 0 Å². The fourth-order valence-corrected chi connectivity index (χ4v) is 3.07. The number of aromatic nitrogens is 2. The van der Waals surface area contributed by atoms with Crippen molar-refractivity contribution in [3.05, 3.63) is 35.1 Å². The predicted molar refractivity (Wildman–Crippen MR) is 88.5 cm³/mol. The summed E-state index contributed by atoms with van der Waals surface area (Å²) in [7, 11) is 0. The van der Waals surface area contributed by atoms with Crippen LogP contribution in [0.5, 0.6) is 0 Å². The minimum atomic E-state index is -0.780. The molecule has 0 fully saturated rings. The number of carbonyl (C=O) groups excluding carboxylic acids is 1. The zero-order chi connectivity index (χ0) is 16.7. The number of carboxylic acids is 1. The van der Waals surface area contributed by atoms with Crippen LogP contribution in [0, 0.1) is 6.92 Å². The van der Waals surface area contributed by atoms with Gasteiger partial charge < -0.3 is 10.4 Å². The number of carboxylic acid groups (broad SMARTS) is 1. The molecule has 7 heteroatoms. The number of hydrogen-bond donors (Lipinski definition) is 2. The summed E-state index contributed by atoms with van der Waals surface area (Å²) in [5.41, 5.74) is 1.66. The summed E-state index contributed by atoms with van der Waals surface area (Å²) in [6.07, 6.45) is 5.77. The van der Waals surface area contributed by atoms with Crippen LogP contribution in [0.1, 0.15) is 41.0 Å². The van der Waals surface area contributed by atoms with Crippen molar-refractivity contribution in [2.24, 2.45) is 0 Å². The number of rotatable bonds is 8. The number of nitrogens with one attached hydrogen (secondary N) is 1. The lowest BCUT2D eigenvalue weighted by Crippen LogP contribution is -2.24. The van der Waals surface area contributed by atoms with Gasteiger partial charge in [-0.25, -0.2) is 4.98 Å². The van der Waals surface area contributed by atoms with E-state index in [9.17, 15) is 9.59 Å². The molecule has 0 aromatic carbocycles. The molecule has 2 N–H and O–H groups in total. The van der Waals surface area contributed by atoms with E-state index in [-0.39, 0.29) is 12.3 Å². The Labute approximate surface area is 138 Å². The Morgan fingerprint density at radius 3 is 2.65 bits per heavy atom. The van der Waals surface area contributed by atoms with Gasteiger partial charge in [0.25, 0.3) is 5.91 Å². The molecule has 0 aliphatic rings. The molecule has 0 aliphatic carbocycles. The van der Waals surface area contributed by atoms with E-state index in [1.165, 1.54) is 11.3 Å². The molecule has 0 aliphatic heterocycles. The van der Waals surface area contributed by atoms with Crippen LogP contribution < -0.4 is 5.32 Å². The van der Waals surface area contributed by atoms with E-state index in [0.717, 1.165) is 23.4 Å². The molecule has 122 valence electrons. The molecule has 2 aromatic heterocycles. The molecule has 0 radical (unpaired) electrons. The number of hydrogen-bond acceptors (Lipinski definition) is 5. The van der Waals surface area contributed by atoms with E-state index >= 15 is 0 Å². The van der Waals surface area contributed by atoms with Crippen molar-refractivity contribution in [2.45, 2.75) is 32.6 Å². The van der Waals surface area contributed by atoms with E-state index in [1.54, 1.807) is 12.4 Å². The highest BCUT2D eigenvalue weighted by molar-refractivity contribution is 7.17. The normalized spacial score (nSPS) is 10.5. The van der Waals surface area contributed by atoms with Crippen molar-refractivity contribution in [3.8, 4) is 10.6 Å². The zero-order valence-electron chi connectivity index (χ0n) is 12.9. The van der Waals surface area contributed by atoms with E-state index in [4.69, 9.17) is 5.11 Å².